The lowest BCUT2D eigenvalue weighted by atomic mass is 9.59. The van der Waals surface area contributed by atoms with E-state index in [-0.39, 0.29) is 11.8 Å². The van der Waals surface area contributed by atoms with Gasteiger partial charge in [-0.05, 0) is 53.9 Å². The Hall–Kier alpha value is -2.13. The molecule has 3 unspecified atom stereocenters. The van der Waals surface area contributed by atoms with Gasteiger partial charge < -0.3 is 10.4 Å². The highest BCUT2D eigenvalue weighted by molar-refractivity contribution is 5.79. The van der Waals surface area contributed by atoms with E-state index in [1.54, 1.807) is 0 Å². The van der Waals surface area contributed by atoms with Gasteiger partial charge in [-0.1, -0.05) is 48.5 Å². The third-order valence-electron chi connectivity index (χ3n) is 6.78. The largest absolute Gasteiger partial charge is 0.392 e. The number of rotatable bonds is 3. The molecule has 134 valence electrons. The van der Waals surface area contributed by atoms with Crippen molar-refractivity contribution in [3.63, 3.8) is 0 Å². The Morgan fingerprint density at radius 3 is 2.15 bits per heavy atom. The third-order valence-corrected chi connectivity index (χ3v) is 6.78. The molecule has 0 radical (unpaired) electrons. The highest BCUT2D eigenvalue weighted by atomic mass is 16.3. The first-order chi connectivity index (χ1) is 12.7. The van der Waals surface area contributed by atoms with E-state index >= 15 is 0 Å². The lowest BCUT2D eigenvalue weighted by molar-refractivity contribution is -0.127. The zero-order valence-electron chi connectivity index (χ0n) is 14.9. The van der Waals surface area contributed by atoms with E-state index in [2.05, 4.69) is 53.8 Å². The molecule has 3 nitrogen and oxygen atoms in total. The zero-order valence-corrected chi connectivity index (χ0v) is 14.9. The molecule has 2 aromatic carbocycles. The monoisotopic (exact) mass is 347 g/mol. The second-order valence-electron chi connectivity index (χ2n) is 8.13. The van der Waals surface area contributed by atoms with Crippen molar-refractivity contribution in [2.75, 3.05) is 6.54 Å². The molecule has 0 saturated heterocycles. The molecule has 4 aliphatic carbocycles. The molecule has 1 fully saturated rings. The van der Waals surface area contributed by atoms with Gasteiger partial charge in [0.25, 0.3) is 0 Å². The number of hydrogen-bond acceptors (Lipinski definition) is 2. The van der Waals surface area contributed by atoms with Crippen molar-refractivity contribution in [1.82, 2.24) is 5.32 Å². The molecule has 0 aromatic heterocycles. The maximum absolute atomic E-state index is 12.5. The fourth-order valence-corrected chi connectivity index (χ4v) is 5.57. The average Bonchev–Trinajstić information content (AvgIpc) is 3.12. The van der Waals surface area contributed by atoms with Crippen molar-refractivity contribution in [2.24, 2.45) is 11.8 Å². The van der Waals surface area contributed by atoms with Gasteiger partial charge in [-0.2, -0.15) is 0 Å². The zero-order chi connectivity index (χ0) is 17.7. The van der Waals surface area contributed by atoms with Crippen LogP contribution in [-0.4, -0.2) is 23.7 Å². The van der Waals surface area contributed by atoms with Crippen molar-refractivity contribution < 1.29 is 9.90 Å². The molecule has 4 aliphatic rings. The normalized spacial score (nSPS) is 31.3. The molecular formula is C23H25NO2. The van der Waals surface area contributed by atoms with Crippen LogP contribution in [0.25, 0.3) is 0 Å². The molecule has 26 heavy (non-hydrogen) atoms. The molecule has 1 saturated carbocycles. The molecule has 0 spiro atoms. The first-order valence-corrected chi connectivity index (χ1v) is 9.87. The second-order valence-corrected chi connectivity index (χ2v) is 8.13. The molecular weight excluding hydrogens is 322 g/mol. The van der Waals surface area contributed by atoms with Crippen LogP contribution in [0.2, 0.25) is 0 Å². The van der Waals surface area contributed by atoms with E-state index in [9.17, 15) is 9.90 Å². The van der Waals surface area contributed by atoms with Crippen LogP contribution in [0.4, 0.5) is 0 Å². The summed E-state index contributed by atoms with van der Waals surface area (Å²) in [6.45, 7) is 0.700. The van der Waals surface area contributed by atoms with Crippen LogP contribution >= 0.6 is 0 Å². The van der Waals surface area contributed by atoms with E-state index in [0.717, 1.165) is 25.7 Å². The van der Waals surface area contributed by atoms with Crippen LogP contribution in [0.1, 0.15) is 59.8 Å². The van der Waals surface area contributed by atoms with Crippen LogP contribution < -0.4 is 5.32 Å². The molecule has 0 heterocycles. The van der Waals surface area contributed by atoms with Crippen molar-refractivity contribution in [1.29, 1.82) is 0 Å². The minimum Gasteiger partial charge on any atom is -0.392 e. The van der Waals surface area contributed by atoms with E-state index in [1.807, 2.05) is 0 Å². The highest BCUT2D eigenvalue weighted by Gasteiger charge is 2.43. The fraction of sp³-hybridized carbons (Fsp3) is 0.435. The minimum atomic E-state index is -0.459. The summed E-state index contributed by atoms with van der Waals surface area (Å²) in [6.07, 6.45) is 3.15. The Kier molecular flexibility index (Phi) is 3.86. The van der Waals surface area contributed by atoms with Crippen LogP contribution in [0.15, 0.2) is 48.5 Å². The van der Waals surface area contributed by atoms with E-state index in [1.165, 1.54) is 22.3 Å². The Balaban J connectivity index is 1.41. The number of benzene rings is 2. The summed E-state index contributed by atoms with van der Waals surface area (Å²) in [6, 6.07) is 17.6. The first kappa shape index (κ1) is 16.1. The quantitative estimate of drug-likeness (QED) is 0.892. The second kappa shape index (κ2) is 6.24. The molecule has 3 atom stereocenters. The summed E-state index contributed by atoms with van der Waals surface area (Å²) in [5, 5.41) is 13.2. The summed E-state index contributed by atoms with van der Waals surface area (Å²) in [7, 11) is 0. The third kappa shape index (κ3) is 2.41. The van der Waals surface area contributed by atoms with Crippen molar-refractivity contribution in [3.05, 3.63) is 70.8 Å². The SMILES string of the molecule is O=C(NCC1CC2c3ccccc3C1c1ccccc12)C1CCCC1O. The molecule has 2 N–H and O–H groups in total. The number of hydrogen-bond donors (Lipinski definition) is 2. The van der Waals surface area contributed by atoms with Gasteiger partial charge in [0, 0.05) is 18.4 Å². The molecule has 3 heteroatoms. The Bertz CT molecular complexity index is 798. The fourth-order valence-electron chi connectivity index (χ4n) is 5.57. The van der Waals surface area contributed by atoms with Gasteiger partial charge in [-0.3, -0.25) is 4.79 Å². The predicted octanol–water partition coefficient (Wildman–Crippen LogP) is 3.56. The number of fused-ring (bicyclic) bond motifs is 1. The number of amides is 1. The van der Waals surface area contributed by atoms with Gasteiger partial charge in [0.05, 0.1) is 12.0 Å². The van der Waals surface area contributed by atoms with E-state index < -0.39 is 6.10 Å². The lowest BCUT2D eigenvalue weighted by Crippen LogP contribution is -2.42. The summed E-state index contributed by atoms with van der Waals surface area (Å²) in [5.41, 5.74) is 5.79. The molecule has 1 amide bonds. The first-order valence-electron chi connectivity index (χ1n) is 9.87. The number of aliphatic hydroxyl groups excluding tert-OH is 1. The number of carbonyl (C=O) groups is 1. The maximum atomic E-state index is 12.5. The summed E-state index contributed by atoms with van der Waals surface area (Å²) < 4.78 is 0. The lowest BCUT2D eigenvalue weighted by Gasteiger charge is -2.45. The van der Waals surface area contributed by atoms with Gasteiger partial charge in [-0.15, -0.1) is 0 Å². The van der Waals surface area contributed by atoms with Crippen molar-refractivity contribution >= 4 is 5.91 Å². The van der Waals surface area contributed by atoms with Crippen molar-refractivity contribution in [3.8, 4) is 0 Å². The van der Waals surface area contributed by atoms with Crippen LogP contribution in [0.5, 0.6) is 0 Å². The molecule has 2 bridgehead atoms. The highest BCUT2D eigenvalue weighted by Crippen LogP contribution is 2.55. The summed E-state index contributed by atoms with van der Waals surface area (Å²) >= 11 is 0. The van der Waals surface area contributed by atoms with E-state index in [4.69, 9.17) is 0 Å². The minimum absolute atomic E-state index is 0.0398. The van der Waals surface area contributed by atoms with Gasteiger partial charge in [0.1, 0.15) is 0 Å². The van der Waals surface area contributed by atoms with Gasteiger partial charge in [0.2, 0.25) is 5.91 Å². The Morgan fingerprint density at radius 2 is 1.58 bits per heavy atom. The summed E-state index contributed by atoms with van der Waals surface area (Å²) in [5.74, 6) is 1.05. The predicted molar refractivity (Wildman–Crippen MR) is 101 cm³/mol. The number of nitrogens with one attached hydrogen (secondary N) is 1. The van der Waals surface area contributed by atoms with E-state index in [0.29, 0.717) is 24.3 Å². The number of aliphatic hydroxyl groups is 1. The van der Waals surface area contributed by atoms with Crippen LogP contribution in [-0.2, 0) is 4.79 Å². The standard InChI is InChI=1S/C23H25NO2/c25-21-11-5-10-19(21)23(26)24-13-14-12-20-15-6-1-3-8-17(15)22(14)18-9-4-2-7-16(18)20/h1-4,6-9,14,19-22,25H,5,10-13H2,(H,24,26). The van der Waals surface area contributed by atoms with Gasteiger partial charge >= 0.3 is 0 Å². The molecule has 2 aromatic rings. The Labute approximate surface area is 154 Å². The van der Waals surface area contributed by atoms with Crippen LogP contribution in [0.3, 0.4) is 0 Å². The van der Waals surface area contributed by atoms with Gasteiger partial charge in [0.15, 0.2) is 0 Å². The number of carbonyl (C=O) groups excluding carboxylic acids is 1. The molecule has 0 aliphatic heterocycles. The van der Waals surface area contributed by atoms with Gasteiger partial charge in [-0.25, -0.2) is 0 Å². The average molecular weight is 347 g/mol. The molecule has 6 rings (SSSR count). The van der Waals surface area contributed by atoms with Crippen molar-refractivity contribution in [2.45, 2.75) is 43.6 Å². The summed E-state index contributed by atoms with van der Waals surface area (Å²) in [4.78, 5) is 12.5. The topological polar surface area (TPSA) is 49.3 Å². The maximum Gasteiger partial charge on any atom is 0.225 e. The Morgan fingerprint density at radius 1 is 0.962 bits per heavy atom. The van der Waals surface area contributed by atoms with Crippen LogP contribution in [0, 0.1) is 11.8 Å². The smallest absolute Gasteiger partial charge is 0.225 e.